The molecule has 0 N–H and O–H groups in total. The van der Waals surface area contributed by atoms with E-state index in [1.807, 2.05) is 20.8 Å². The molecule has 0 amide bonds. The number of rotatable bonds is 7. The molecule has 2 saturated carbocycles. The first kappa shape index (κ1) is 30.6. The third-order valence-corrected chi connectivity index (χ3v) is 9.86. The van der Waals surface area contributed by atoms with Crippen LogP contribution in [0.25, 0.3) is 0 Å². The quantitative estimate of drug-likeness (QED) is 0.248. The maximum atomic E-state index is 13.6. The average molecular weight is 621 g/mol. The topological polar surface area (TPSA) is 141 Å². The highest BCUT2D eigenvalue weighted by molar-refractivity contribution is 5.90. The summed E-state index contributed by atoms with van der Waals surface area (Å²) in [5, 5.41) is 0. The summed E-state index contributed by atoms with van der Waals surface area (Å²) in [6.45, 7) is 8.77. The van der Waals surface area contributed by atoms with Crippen LogP contribution in [0.3, 0.4) is 0 Å². The molecule has 0 radical (unpaired) electrons. The Balaban J connectivity index is 1.48. The Morgan fingerprint density at radius 1 is 0.778 bits per heavy atom. The smallest absolute Gasteiger partial charge is 0.374 e. The van der Waals surface area contributed by atoms with Crippen LogP contribution in [0.2, 0.25) is 0 Å². The van der Waals surface area contributed by atoms with E-state index in [2.05, 4.69) is 0 Å². The van der Waals surface area contributed by atoms with Gasteiger partial charge in [0.1, 0.15) is 30.2 Å². The summed E-state index contributed by atoms with van der Waals surface area (Å²) in [6.07, 6.45) is 0.500. The molecule has 3 heterocycles. The third-order valence-electron chi connectivity index (χ3n) is 9.86. The van der Waals surface area contributed by atoms with Crippen LogP contribution in [0.15, 0.2) is 76.2 Å². The van der Waals surface area contributed by atoms with E-state index in [1.165, 1.54) is 37.8 Å². The van der Waals surface area contributed by atoms with Crippen LogP contribution in [-0.2, 0) is 28.5 Å². The van der Waals surface area contributed by atoms with Crippen molar-refractivity contribution in [2.24, 2.45) is 17.3 Å². The number of benzene rings is 1. The van der Waals surface area contributed by atoms with Gasteiger partial charge < -0.3 is 32.5 Å². The summed E-state index contributed by atoms with van der Waals surface area (Å²) in [5.41, 5.74) is -3.06. The second-order valence-corrected chi connectivity index (χ2v) is 12.8. The average Bonchev–Trinajstić information content (AvgIpc) is 3.76. The molecule has 3 aromatic rings. The van der Waals surface area contributed by atoms with Gasteiger partial charge in [-0.3, -0.25) is 4.79 Å². The Labute approximate surface area is 260 Å². The van der Waals surface area contributed by atoms with Crippen LogP contribution in [0.1, 0.15) is 78.7 Å². The second-order valence-electron chi connectivity index (χ2n) is 12.8. The minimum absolute atomic E-state index is 0.0230. The predicted molar refractivity (Wildman–Crippen MR) is 155 cm³/mol. The number of ether oxygens (including phenoxy) is 5. The molecule has 11 heteroatoms. The highest BCUT2D eigenvalue weighted by Crippen LogP contribution is 2.68. The van der Waals surface area contributed by atoms with Gasteiger partial charge in [-0.1, -0.05) is 25.1 Å². The van der Waals surface area contributed by atoms with Gasteiger partial charge in [0.25, 0.3) is 0 Å². The molecular weight excluding hydrogens is 584 g/mol. The molecule has 238 valence electrons. The fourth-order valence-corrected chi connectivity index (χ4v) is 7.89. The largest absolute Gasteiger partial charge is 0.472 e. The van der Waals surface area contributed by atoms with Gasteiger partial charge in [-0.15, -0.1) is 0 Å². The molecule has 1 saturated heterocycles. The van der Waals surface area contributed by atoms with Crippen LogP contribution >= 0.6 is 0 Å². The van der Waals surface area contributed by atoms with Gasteiger partial charge in [0.15, 0.2) is 6.10 Å². The first-order valence-corrected chi connectivity index (χ1v) is 15.0. The van der Waals surface area contributed by atoms with Gasteiger partial charge in [0.05, 0.1) is 34.7 Å². The zero-order valence-electron chi connectivity index (χ0n) is 25.7. The van der Waals surface area contributed by atoms with Crippen molar-refractivity contribution in [3.63, 3.8) is 0 Å². The minimum atomic E-state index is -1.37. The number of fused-ring (bicyclic) bond motifs is 1. The van der Waals surface area contributed by atoms with E-state index in [1.54, 1.807) is 43.3 Å². The SMILES string of the molecule is CC(=O)O[C@H]1[C@@H](OC(=O)c2ccoc2)C[C@@H](C)[C@]23OC(C)(C)[C@H](C[C@H](OC(=O)c4ccccc4)[C@]12C)[C@H]3OC(=O)c1ccco1. The molecule has 1 spiro atoms. The molecule has 6 rings (SSSR count). The fraction of sp³-hybridized carbons (Fsp3) is 0.471. The molecular formula is C34H36O11. The monoisotopic (exact) mass is 620 g/mol. The number of hydrogen-bond acceptors (Lipinski definition) is 11. The molecule has 45 heavy (non-hydrogen) atoms. The lowest BCUT2D eigenvalue weighted by Crippen LogP contribution is -2.76. The summed E-state index contributed by atoms with van der Waals surface area (Å²) in [6, 6.07) is 13.1. The summed E-state index contributed by atoms with van der Waals surface area (Å²) in [7, 11) is 0. The van der Waals surface area contributed by atoms with Crippen molar-refractivity contribution in [3.05, 3.63) is 84.2 Å². The second kappa shape index (κ2) is 11.2. The van der Waals surface area contributed by atoms with Crippen LogP contribution in [0, 0.1) is 17.3 Å². The van der Waals surface area contributed by atoms with Gasteiger partial charge in [-0.05, 0) is 69.9 Å². The molecule has 0 unspecified atom stereocenters. The van der Waals surface area contributed by atoms with Crippen molar-refractivity contribution in [3.8, 4) is 0 Å². The lowest BCUT2D eigenvalue weighted by Gasteiger charge is -2.62. The van der Waals surface area contributed by atoms with E-state index >= 15 is 0 Å². The van der Waals surface area contributed by atoms with Crippen molar-refractivity contribution in [2.75, 3.05) is 0 Å². The van der Waals surface area contributed by atoms with Gasteiger partial charge in [0, 0.05) is 12.8 Å². The third kappa shape index (κ3) is 4.93. The minimum Gasteiger partial charge on any atom is -0.472 e. The van der Waals surface area contributed by atoms with Crippen molar-refractivity contribution < 1.29 is 51.7 Å². The molecule has 2 aromatic heterocycles. The summed E-state index contributed by atoms with van der Waals surface area (Å²) in [4.78, 5) is 53.0. The number of carbonyl (C=O) groups is 4. The molecule has 1 aliphatic heterocycles. The summed E-state index contributed by atoms with van der Waals surface area (Å²) < 4.78 is 42.0. The van der Waals surface area contributed by atoms with Crippen LogP contribution in [0.4, 0.5) is 0 Å². The molecule has 2 bridgehead atoms. The highest BCUT2D eigenvalue weighted by Gasteiger charge is 2.80. The number of carbonyl (C=O) groups excluding carboxylic acids is 4. The molecule has 3 fully saturated rings. The van der Waals surface area contributed by atoms with Crippen LogP contribution < -0.4 is 0 Å². The Bertz CT molecular complexity index is 1560. The van der Waals surface area contributed by atoms with Gasteiger partial charge in [-0.2, -0.15) is 0 Å². The molecule has 3 aliphatic rings. The molecule has 8 atom stereocenters. The lowest BCUT2D eigenvalue weighted by molar-refractivity contribution is -0.300. The van der Waals surface area contributed by atoms with Crippen LogP contribution in [-0.4, -0.2) is 59.5 Å². The van der Waals surface area contributed by atoms with E-state index in [9.17, 15) is 19.2 Å². The van der Waals surface area contributed by atoms with E-state index in [4.69, 9.17) is 32.5 Å². The maximum absolute atomic E-state index is 13.6. The number of furan rings is 2. The van der Waals surface area contributed by atoms with Gasteiger partial charge in [0.2, 0.25) is 5.76 Å². The van der Waals surface area contributed by atoms with Gasteiger partial charge >= 0.3 is 23.9 Å². The standard InChI is InChI=1S/C34H36O11/c1-19-16-25(42-30(37)22-13-15-39-18-22)28(41-20(2)35)33(5)26(43-29(36)21-10-7-6-8-11-21)17-23-27(34(19,33)45-32(23,3)4)44-31(38)24-12-9-14-40-24/h6-15,18-19,23,25-28H,16-17H2,1-5H3/t19-,23-,25+,26+,27-,28+,33-,34-/m1/s1. The van der Waals surface area contributed by atoms with E-state index in [0.717, 1.165) is 0 Å². The van der Waals surface area contributed by atoms with Crippen LogP contribution in [0.5, 0.6) is 0 Å². The first-order chi connectivity index (χ1) is 21.4. The Morgan fingerprint density at radius 3 is 2.16 bits per heavy atom. The lowest BCUT2D eigenvalue weighted by atomic mass is 9.48. The molecule has 2 aliphatic carbocycles. The zero-order valence-corrected chi connectivity index (χ0v) is 25.7. The zero-order chi connectivity index (χ0) is 32.1. The first-order valence-electron chi connectivity index (χ1n) is 15.0. The number of hydrogen-bond donors (Lipinski definition) is 0. The van der Waals surface area contributed by atoms with Crippen molar-refractivity contribution in [2.45, 2.75) is 83.1 Å². The molecule has 1 aromatic carbocycles. The Kier molecular flexibility index (Phi) is 7.63. The van der Waals surface area contributed by atoms with E-state index < -0.39 is 76.7 Å². The van der Waals surface area contributed by atoms with Gasteiger partial charge in [-0.25, -0.2) is 14.4 Å². The number of esters is 4. The maximum Gasteiger partial charge on any atom is 0.374 e. The summed E-state index contributed by atoms with van der Waals surface area (Å²) in [5.74, 6) is -3.41. The normalized spacial score (nSPS) is 33.0. The highest BCUT2D eigenvalue weighted by atomic mass is 16.6. The van der Waals surface area contributed by atoms with E-state index in [-0.39, 0.29) is 24.2 Å². The summed E-state index contributed by atoms with van der Waals surface area (Å²) >= 11 is 0. The Morgan fingerprint density at radius 2 is 1.51 bits per heavy atom. The van der Waals surface area contributed by atoms with Crippen molar-refractivity contribution >= 4 is 23.9 Å². The van der Waals surface area contributed by atoms with Crippen molar-refractivity contribution in [1.82, 2.24) is 0 Å². The fourth-order valence-electron chi connectivity index (χ4n) is 7.89. The van der Waals surface area contributed by atoms with E-state index in [0.29, 0.717) is 5.56 Å². The molecule has 11 nitrogen and oxygen atoms in total. The van der Waals surface area contributed by atoms with Crippen molar-refractivity contribution in [1.29, 1.82) is 0 Å². The predicted octanol–water partition coefficient (Wildman–Crippen LogP) is 5.39. The Hall–Kier alpha value is -4.38.